The summed E-state index contributed by atoms with van der Waals surface area (Å²) in [6, 6.07) is 5.96. The number of esters is 1. The summed E-state index contributed by atoms with van der Waals surface area (Å²) in [5.74, 6) is 1.99. The maximum Gasteiger partial charge on any atom is 0.313 e. The number of methoxy groups -OCH3 is 1. The second-order valence-corrected chi connectivity index (χ2v) is 8.62. The van der Waals surface area contributed by atoms with E-state index >= 15 is 0 Å². The molecule has 0 radical (unpaired) electrons. The fraction of sp³-hybridized carbons (Fsp3) is 0.682. The average molecular weight is 360 g/mol. The predicted octanol–water partition coefficient (Wildman–Crippen LogP) is 4.06. The molecule has 2 aliphatic rings. The molecule has 0 spiro atoms. The van der Waals surface area contributed by atoms with Crippen molar-refractivity contribution in [1.82, 2.24) is 0 Å². The first-order valence-electron chi connectivity index (χ1n) is 10.0. The number of rotatable bonds is 4. The van der Waals surface area contributed by atoms with Gasteiger partial charge in [-0.05, 0) is 66.7 Å². The van der Waals surface area contributed by atoms with E-state index in [-0.39, 0.29) is 24.0 Å². The van der Waals surface area contributed by atoms with Gasteiger partial charge >= 0.3 is 5.97 Å². The highest BCUT2D eigenvalue weighted by Crippen LogP contribution is 2.39. The first-order valence-corrected chi connectivity index (χ1v) is 10.0. The van der Waals surface area contributed by atoms with Crippen LogP contribution in [-0.4, -0.2) is 25.2 Å². The van der Waals surface area contributed by atoms with Crippen molar-refractivity contribution in [2.75, 3.05) is 7.11 Å². The molecule has 0 bridgehead atoms. The van der Waals surface area contributed by atoms with Gasteiger partial charge in [-0.1, -0.05) is 33.3 Å². The highest BCUT2D eigenvalue weighted by molar-refractivity contribution is 5.79. The second-order valence-electron chi connectivity index (χ2n) is 8.62. The Kier molecular flexibility index (Phi) is 5.91. The maximum absolute atomic E-state index is 13.1. The van der Waals surface area contributed by atoms with Crippen LogP contribution in [0.5, 0.6) is 5.75 Å². The third-order valence-electron chi connectivity index (χ3n) is 6.26. The minimum absolute atomic E-state index is 0.000352. The number of carbonyl (C=O) groups excluding carboxylic acids is 1. The normalized spacial score (nSPS) is 31.4. The number of hydrogen-bond donors (Lipinski definition) is 1. The number of benzene rings is 1. The standard InChI is InChI=1S/C22H33NO3/c1-13(2)18-8-5-14(3)9-21(18)26-22(24)20-11-16(23)10-15-6-7-17(25-4)12-19(15)20/h6-7,12-14,16,18,20-21H,5,8-11,23H2,1-4H3/t14-,16+,18+,20-,21-/m1/s1. The number of ether oxygens (including phenoxy) is 2. The molecule has 4 heteroatoms. The zero-order valence-electron chi connectivity index (χ0n) is 16.5. The van der Waals surface area contributed by atoms with Crippen LogP contribution in [-0.2, 0) is 16.0 Å². The molecule has 1 aromatic rings. The van der Waals surface area contributed by atoms with Crippen molar-refractivity contribution in [2.45, 2.75) is 70.9 Å². The van der Waals surface area contributed by atoms with Gasteiger partial charge in [0, 0.05) is 6.04 Å². The lowest BCUT2D eigenvalue weighted by Gasteiger charge is -2.38. The molecule has 26 heavy (non-hydrogen) atoms. The molecule has 0 saturated heterocycles. The van der Waals surface area contributed by atoms with Crippen LogP contribution >= 0.6 is 0 Å². The summed E-state index contributed by atoms with van der Waals surface area (Å²) in [5.41, 5.74) is 8.41. The fourth-order valence-electron chi connectivity index (χ4n) is 4.71. The van der Waals surface area contributed by atoms with Crippen LogP contribution < -0.4 is 10.5 Å². The molecule has 5 atom stereocenters. The molecule has 1 saturated carbocycles. The Bertz CT molecular complexity index is 642. The molecule has 1 aromatic carbocycles. The molecule has 0 heterocycles. The van der Waals surface area contributed by atoms with Gasteiger partial charge < -0.3 is 15.2 Å². The van der Waals surface area contributed by atoms with Gasteiger partial charge in [0.1, 0.15) is 11.9 Å². The van der Waals surface area contributed by atoms with Crippen molar-refractivity contribution in [1.29, 1.82) is 0 Å². The molecular formula is C22H33NO3. The Morgan fingerprint density at radius 3 is 2.69 bits per heavy atom. The molecule has 4 nitrogen and oxygen atoms in total. The van der Waals surface area contributed by atoms with E-state index in [1.165, 1.54) is 6.42 Å². The molecule has 0 unspecified atom stereocenters. The van der Waals surface area contributed by atoms with E-state index < -0.39 is 0 Å². The maximum atomic E-state index is 13.1. The SMILES string of the molecule is COc1ccc2c(c1)[C@H](C(=O)O[C@@H]1C[C@H](C)CC[C@H]1C(C)C)C[C@@H](N)C2. The number of hydrogen-bond acceptors (Lipinski definition) is 4. The molecule has 0 amide bonds. The van der Waals surface area contributed by atoms with Crippen LogP contribution in [0.25, 0.3) is 0 Å². The van der Waals surface area contributed by atoms with Crippen LogP contribution in [0.3, 0.4) is 0 Å². The molecule has 0 aliphatic heterocycles. The molecule has 2 aliphatic carbocycles. The monoisotopic (exact) mass is 359 g/mol. The lowest BCUT2D eigenvalue weighted by molar-refractivity contribution is -0.158. The van der Waals surface area contributed by atoms with Gasteiger partial charge in [-0.15, -0.1) is 0 Å². The zero-order chi connectivity index (χ0) is 18.8. The van der Waals surface area contributed by atoms with Crippen molar-refractivity contribution in [3.63, 3.8) is 0 Å². The fourth-order valence-corrected chi connectivity index (χ4v) is 4.71. The van der Waals surface area contributed by atoms with Gasteiger partial charge in [0.05, 0.1) is 13.0 Å². The number of carbonyl (C=O) groups is 1. The minimum Gasteiger partial charge on any atom is -0.497 e. The molecule has 1 fully saturated rings. The van der Waals surface area contributed by atoms with Crippen molar-refractivity contribution in [3.05, 3.63) is 29.3 Å². The molecular weight excluding hydrogens is 326 g/mol. The van der Waals surface area contributed by atoms with E-state index in [2.05, 4.69) is 20.8 Å². The van der Waals surface area contributed by atoms with E-state index in [4.69, 9.17) is 15.2 Å². The predicted molar refractivity (Wildman–Crippen MR) is 103 cm³/mol. The summed E-state index contributed by atoms with van der Waals surface area (Å²) in [4.78, 5) is 13.1. The van der Waals surface area contributed by atoms with E-state index in [0.29, 0.717) is 24.2 Å². The number of fused-ring (bicyclic) bond motifs is 1. The molecule has 2 N–H and O–H groups in total. The Morgan fingerprint density at radius 2 is 2.00 bits per heavy atom. The quantitative estimate of drug-likeness (QED) is 0.824. The first kappa shape index (κ1) is 19.2. The summed E-state index contributed by atoms with van der Waals surface area (Å²) in [7, 11) is 1.65. The summed E-state index contributed by atoms with van der Waals surface area (Å²) in [6.07, 6.45) is 4.82. The van der Waals surface area contributed by atoms with Crippen molar-refractivity contribution in [3.8, 4) is 5.75 Å². The van der Waals surface area contributed by atoms with E-state index in [1.54, 1.807) is 7.11 Å². The van der Waals surface area contributed by atoms with Crippen LogP contribution in [0.2, 0.25) is 0 Å². The van der Waals surface area contributed by atoms with Crippen LogP contribution in [0.4, 0.5) is 0 Å². The Morgan fingerprint density at radius 1 is 1.23 bits per heavy atom. The molecule has 144 valence electrons. The van der Waals surface area contributed by atoms with Gasteiger partial charge in [-0.25, -0.2) is 0 Å². The highest BCUT2D eigenvalue weighted by Gasteiger charge is 2.37. The number of nitrogens with two attached hydrogens (primary N) is 1. The van der Waals surface area contributed by atoms with Crippen molar-refractivity contribution in [2.24, 2.45) is 23.5 Å². The summed E-state index contributed by atoms with van der Waals surface area (Å²) in [5, 5.41) is 0. The van der Waals surface area contributed by atoms with Gasteiger partial charge in [-0.3, -0.25) is 4.79 Å². The lowest BCUT2D eigenvalue weighted by Crippen LogP contribution is -2.39. The molecule has 3 rings (SSSR count). The second kappa shape index (κ2) is 7.99. The highest BCUT2D eigenvalue weighted by atomic mass is 16.5. The minimum atomic E-state index is -0.283. The smallest absolute Gasteiger partial charge is 0.313 e. The Balaban J connectivity index is 1.81. The zero-order valence-corrected chi connectivity index (χ0v) is 16.5. The van der Waals surface area contributed by atoms with E-state index in [9.17, 15) is 4.79 Å². The third kappa shape index (κ3) is 4.06. The van der Waals surface area contributed by atoms with Crippen LogP contribution in [0.15, 0.2) is 18.2 Å². The summed E-state index contributed by atoms with van der Waals surface area (Å²) >= 11 is 0. The van der Waals surface area contributed by atoms with E-state index in [1.807, 2.05) is 18.2 Å². The van der Waals surface area contributed by atoms with Gasteiger partial charge in [-0.2, -0.15) is 0 Å². The van der Waals surface area contributed by atoms with Crippen molar-refractivity contribution < 1.29 is 14.3 Å². The van der Waals surface area contributed by atoms with Crippen LogP contribution in [0.1, 0.15) is 63.5 Å². The van der Waals surface area contributed by atoms with Crippen molar-refractivity contribution >= 4 is 5.97 Å². The third-order valence-corrected chi connectivity index (χ3v) is 6.26. The lowest BCUT2D eigenvalue weighted by atomic mass is 9.75. The van der Waals surface area contributed by atoms with Gasteiger partial charge in [0.15, 0.2) is 0 Å². The average Bonchev–Trinajstić information content (AvgIpc) is 2.60. The summed E-state index contributed by atoms with van der Waals surface area (Å²) in [6.45, 7) is 6.73. The first-order chi connectivity index (χ1) is 12.4. The Hall–Kier alpha value is -1.55. The van der Waals surface area contributed by atoms with Crippen LogP contribution in [0, 0.1) is 17.8 Å². The molecule has 0 aromatic heterocycles. The largest absolute Gasteiger partial charge is 0.497 e. The van der Waals surface area contributed by atoms with Gasteiger partial charge in [0.2, 0.25) is 0 Å². The Labute approximate surface area is 157 Å². The van der Waals surface area contributed by atoms with E-state index in [0.717, 1.165) is 36.1 Å². The van der Waals surface area contributed by atoms with Gasteiger partial charge in [0.25, 0.3) is 0 Å². The summed E-state index contributed by atoms with van der Waals surface area (Å²) < 4.78 is 11.5. The topological polar surface area (TPSA) is 61.5 Å².